The number of H-pyrrole nitrogens is 1. The van der Waals surface area contributed by atoms with Crippen LogP contribution in [0, 0.1) is 6.92 Å². The van der Waals surface area contributed by atoms with Crippen molar-refractivity contribution < 1.29 is 0 Å². The summed E-state index contributed by atoms with van der Waals surface area (Å²) in [6.45, 7) is 1.92. The van der Waals surface area contributed by atoms with Gasteiger partial charge in [-0.1, -0.05) is 11.6 Å². The summed E-state index contributed by atoms with van der Waals surface area (Å²) in [5.41, 5.74) is 2.64. The zero-order valence-electron chi connectivity index (χ0n) is 7.08. The van der Waals surface area contributed by atoms with E-state index in [9.17, 15) is 0 Å². The number of aryl methyl sites for hydroxylation is 1. The van der Waals surface area contributed by atoms with Crippen LogP contribution in [0.4, 0.5) is 0 Å². The van der Waals surface area contributed by atoms with Gasteiger partial charge in [-0.25, -0.2) is 0 Å². The van der Waals surface area contributed by atoms with Gasteiger partial charge in [0.25, 0.3) is 0 Å². The minimum Gasteiger partial charge on any atom is -0.285 e. The van der Waals surface area contributed by atoms with Crippen molar-refractivity contribution >= 4 is 11.6 Å². The number of hydrogen-bond donors (Lipinski definition) is 1. The lowest BCUT2D eigenvalue weighted by Gasteiger charge is -2.01. The Labute approximate surface area is 80.8 Å². The lowest BCUT2D eigenvalue weighted by Crippen LogP contribution is -1.85. The molecule has 0 atom stereocenters. The van der Waals surface area contributed by atoms with Crippen molar-refractivity contribution in [1.29, 1.82) is 0 Å². The molecule has 2 aromatic heterocycles. The van der Waals surface area contributed by atoms with Gasteiger partial charge in [0, 0.05) is 24.2 Å². The van der Waals surface area contributed by atoms with Crippen LogP contribution in [0.15, 0.2) is 24.7 Å². The van der Waals surface area contributed by atoms with Crippen LogP contribution in [0.1, 0.15) is 5.56 Å². The maximum atomic E-state index is 6.09. The van der Waals surface area contributed by atoms with Crippen LogP contribution in [0.3, 0.4) is 0 Å². The molecule has 2 rings (SSSR count). The molecule has 0 spiro atoms. The van der Waals surface area contributed by atoms with E-state index in [1.165, 1.54) is 0 Å². The van der Waals surface area contributed by atoms with E-state index in [0.29, 0.717) is 5.02 Å². The van der Waals surface area contributed by atoms with Crippen LogP contribution < -0.4 is 0 Å². The molecule has 0 aliphatic rings. The predicted molar refractivity (Wildman–Crippen MR) is 51.6 cm³/mol. The highest BCUT2D eigenvalue weighted by Crippen LogP contribution is 2.27. The lowest BCUT2D eigenvalue weighted by molar-refractivity contribution is 1.09. The normalized spacial score (nSPS) is 10.3. The first kappa shape index (κ1) is 8.26. The Hall–Kier alpha value is -1.35. The fourth-order valence-corrected chi connectivity index (χ4v) is 1.33. The molecule has 2 aromatic rings. The van der Waals surface area contributed by atoms with E-state index in [1.54, 1.807) is 18.6 Å². The first-order valence-electron chi connectivity index (χ1n) is 3.89. The maximum Gasteiger partial charge on any atom is 0.0951 e. The van der Waals surface area contributed by atoms with Crippen molar-refractivity contribution in [2.24, 2.45) is 0 Å². The second-order valence-electron chi connectivity index (χ2n) is 2.78. The highest BCUT2D eigenvalue weighted by molar-refractivity contribution is 6.33. The van der Waals surface area contributed by atoms with Crippen LogP contribution in [0.25, 0.3) is 11.3 Å². The molecule has 13 heavy (non-hydrogen) atoms. The molecule has 0 unspecified atom stereocenters. The summed E-state index contributed by atoms with van der Waals surface area (Å²) in [6, 6.07) is 1.86. The molecule has 0 amide bonds. The number of nitrogens with one attached hydrogen (secondary N) is 1. The van der Waals surface area contributed by atoms with Gasteiger partial charge in [-0.15, -0.1) is 0 Å². The van der Waals surface area contributed by atoms with E-state index < -0.39 is 0 Å². The largest absolute Gasteiger partial charge is 0.285 e. The van der Waals surface area contributed by atoms with Crippen molar-refractivity contribution in [3.63, 3.8) is 0 Å². The van der Waals surface area contributed by atoms with Gasteiger partial charge in [0.1, 0.15) is 0 Å². The fraction of sp³-hybridized carbons (Fsp3) is 0.111. The van der Waals surface area contributed by atoms with E-state index in [1.807, 2.05) is 13.0 Å². The Morgan fingerprint density at radius 1 is 1.38 bits per heavy atom. The van der Waals surface area contributed by atoms with Crippen LogP contribution in [-0.4, -0.2) is 15.2 Å². The summed E-state index contributed by atoms with van der Waals surface area (Å²) in [5.74, 6) is 0. The van der Waals surface area contributed by atoms with E-state index in [2.05, 4.69) is 15.2 Å². The third-order valence-corrected chi connectivity index (χ3v) is 2.33. The van der Waals surface area contributed by atoms with Crippen LogP contribution in [-0.2, 0) is 0 Å². The van der Waals surface area contributed by atoms with Gasteiger partial charge in [0.15, 0.2) is 0 Å². The Morgan fingerprint density at radius 3 is 2.92 bits per heavy atom. The number of nitrogens with zero attached hydrogens (tertiary/aromatic N) is 2. The molecule has 0 saturated carbocycles. The first-order chi connectivity index (χ1) is 6.29. The molecule has 0 aliphatic carbocycles. The quantitative estimate of drug-likeness (QED) is 0.756. The molecule has 0 aliphatic heterocycles. The summed E-state index contributed by atoms with van der Waals surface area (Å²) < 4.78 is 0. The van der Waals surface area contributed by atoms with Gasteiger partial charge < -0.3 is 0 Å². The van der Waals surface area contributed by atoms with Gasteiger partial charge in [0.2, 0.25) is 0 Å². The molecular formula is C9H8ClN3. The lowest BCUT2D eigenvalue weighted by atomic mass is 10.2. The number of pyridine rings is 1. The molecule has 2 heterocycles. The second-order valence-corrected chi connectivity index (χ2v) is 3.16. The average molecular weight is 194 g/mol. The number of aromatic amines is 1. The molecule has 0 bridgehead atoms. The summed E-state index contributed by atoms with van der Waals surface area (Å²) in [5, 5.41) is 7.49. The molecule has 0 fully saturated rings. The number of rotatable bonds is 1. The Morgan fingerprint density at radius 2 is 2.23 bits per heavy atom. The van der Waals surface area contributed by atoms with Crippen molar-refractivity contribution in [1.82, 2.24) is 15.2 Å². The van der Waals surface area contributed by atoms with E-state index in [0.717, 1.165) is 16.8 Å². The number of aromatic nitrogens is 3. The van der Waals surface area contributed by atoms with Crippen molar-refractivity contribution in [3.05, 3.63) is 35.2 Å². The standard InChI is InChI=1S/C9H8ClN3/c1-6-4-11-5-7(9(6)10)8-2-3-12-13-8/h2-5H,1H3,(H,12,13). The zero-order chi connectivity index (χ0) is 9.26. The van der Waals surface area contributed by atoms with Crippen molar-refractivity contribution in [2.75, 3.05) is 0 Å². The Kier molecular flexibility index (Phi) is 2.02. The molecule has 0 saturated heterocycles. The molecule has 3 nitrogen and oxygen atoms in total. The summed E-state index contributed by atoms with van der Waals surface area (Å²) >= 11 is 6.09. The van der Waals surface area contributed by atoms with Gasteiger partial charge in [-0.2, -0.15) is 5.10 Å². The fourth-order valence-electron chi connectivity index (χ4n) is 1.14. The third-order valence-electron chi connectivity index (χ3n) is 1.83. The zero-order valence-corrected chi connectivity index (χ0v) is 7.84. The Balaban J connectivity index is 2.59. The molecule has 4 heteroatoms. The first-order valence-corrected chi connectivity index (χ1v) is 4.27. The molecule has 1 N–H and O–H groups in total. The number of hydrogen-bond acceptors (Lipinski definition) is 2. The van der Waals surface area contributed by atoms with Gasteiger partial charge >= 0.3 is 0 Å². The predicted octanol–water partition coefficient (Wildman–Crippen LogP) is 2.43. The van der Waals surface area contributed by atoms with E-state index in [4.69, 9.17) is 11.6 Å². The van der Waals surface area contributed by atoms with Gasteiger partial charge in [-0.3, -0.25) is 10.1 Å². The van der Waals surface area contributed by atoms with Crippen molar-refractivity contribution in [2.45, 2.75) is 6.92 Å². The van der Waals surface area contributed by atoms with Crippen molar-refractivity contribution in [3.8, 4) is 11.3 Å². The average Bonchev–Trinajstić information content (AvgIpc) is 2.62. The molecule has 0 aromatic carbocycles. The summed E-state index contributed by atoms with van der Waals surface area (Å²) in [6.07, 6.45) is 5.21. The van der Waals surface area contributed by atoms with Crippen LogP contribution in [0.5, 0.6) is 0 Å². The summed E-state index contributed by atoms with van der Waals surface area (Å²) in [4.78, 5) is 4.06. The topological polar surface area (TPSA) is 41.6 Å². The smallest absolute Gasteiger partial charge is 0.0951 e. The Bertz CT molecular complexity index is 409. The van der Waals surface area contributed by atoms with E-state index in [-0.39, 0.29) is 0 Å². The van der Waals surface area contributed by atoms with E-state index >= 15 is 0 Å². The molecule has 0 radical (unpaired) electrons. The highest BCUT2D eigenvalue weighted by atomic mass is 35.5. The minimum atomic E-state index is 0.710. The molecular weight excluding hydrogens is 186 g/mol. The highest BCUT2D eigenvalue weighted by Gasteiger charge is 2.07. The SMILES string of the molecule is Cc1cncc(-c2cc[nH]n2)c1Cl. The number of halogens is 1. The second kappa shape index (κ2) is 3.18. The van der Waals surface area contributed by atoms with Gasteiger partial charge in [0.05, 0.1) is 10.7 Å². The maximum absolute atomic E-state index is 6.09. The third kappa shape index (κ3) is 1.42. The van der Waals surface area contributed by atoms with Crippen LogP contribution >= 0.6 is 11.6 Å². The minimum absolute atomic E-state index is 0.710. The monoisotopic (exact) mass is 193 g/mol. The van der Waals surface area contributed by atoms with Crippen LogP contribution in [0.2, 0.25) is 5.02 Å². The summed E-state index contributed by atoms with van der Waals surface area (Å²) in [7, 11) is 0. The molecule has 66 valence electrons. The van der Waals surface area contributed by atoms with Gasteiger partial charge in [-0.05, 0) is 18.6 Å².